The molecule has 1 aliphatic rings. The maximum absolute atomic E-state index is 11.3. The van der Waals surface area contributed by atoms with Gasteiger partial charge in [-0.25, -0.2) is 0 Å². The molecule has 1 saturated heterocycles. The smallest absolute Gasteiger partial charge is 0.217 e. The van der Waals surface area contributed by atoms with Crippen molar-refractivity contribution in [2.45, 2.75) is 64.6 Å². The molecular weight excluding hydrogens is 262 g/mol. The molecule has 1 aliphatic heterocycles. The summed E-state index contributed by atoms with van der Waals surface area (Å²) in [7, 11) is 0. The van der Waals surface area contributed by atoms with Gasteiger partial charge in [0.2, 0.25) is 5.91 Å². The quantitative estimate of drug-likeness (QED) is 0.591. The highest BCUT2D eigenvalue weighted by molar-refractivity contribution is 5.73. The zero-order chi connectivity index (χ0) is 15.1. The van der Waals surface area contributed by atoms with E-state index in [4.69, 9.17) is 9.47 Å². The van der Waals surface area contributed by atoms with E-state index in [2.05, 4.69) is 12.2 Å². The highest BCUT2D eigenvalue weighted by Crippen LogP contribution is 2.26. The van der Waals surface area contributed by atoms with Gasteiger partial charge in [-0.05, 0) is 6.42 Å². The molecule has 5 atom stereocenters. The van der Waals surface area contributed by atoms with Crippen molar-refractivity contribution < 1.29 is 24.5 Å². The molecule has 0 bridgehead atoms. The third-order valence-corrected chi connectivity index (χ3v) is 3.67. The van der Waals surface area contributed by atoms with Crippen LogP contribution in [0.15, 0.2) is 0 Å². The summed E-state index contributed by atoms with van der Waals surface area (Å²) in [5.74, 6) is -0.441. The van der Waals surface area contributed by atoms with Crippen LogP contribution in [0.4, 0.5) is 0 Å². The van der Waals surface area contributed by atoms with E-state index in [9.17, 15) is 15.0 Å². The number of aliphatic hydroxyl groups excluding tert-OH is 2. The molecule has 0 aromatic rings. The Morgan fingerprint density at radius 3 is 2.65 bits per heavy atom. The van der Waals surface area contributed by atoms with E-state index in [1.54, 1.807) is 0 Å². The van der Waals surface area contributed by atoms with Crippen LogP contribution in [0.3, 0.4) is 0 Å². The summed E-state index contributed by atoms with van der Waals surface area (Å²) in [6.07, 6.45) is 0.950. The molecule has 1 fully saturated rings. The molecule has 0 spiro atoms. The van der Waals surface area contributed by atoms with Gasteiger partial charge in [-0.2, -0.15) is 0 Å². The Bertz CT molecular complexity index is 299. The number of rotatable bonds is 7. The van der Waals surface area contributed by atoms with Crippen molar-refractivity contribution in [1.82, 2.24) is 5.32 Å². The van der Waals surface area contributed by atoms with Gasteiger partial charge >= 0.3 is 0 Å². The third kappa shape index (κ3) is 4.70. The molecule has 118 valence electrons. The number of hydrogen-bond acceptors (Lipinski definition) is 5. The Kier molecular flexibility index (Phi) is 7.43. The van der Waals surface area contributed by atoms with E-state index in [0.29, 0.717) is 6.61 Å². The number of amides is 1. The second kappa shape index (κ2) is 8.56. The summed E-state index contributed by atoms with van der Waals surface area (Å²) in [6, 6.07) is -0.410. The van der Waals surface area contributed by atoms with Crippen molar-refractivity contribution in [1.29, 1.82) is 0 Å². The predicted octanol–water partition coefficient (Wildman–Crippen LogP) is 0.412. The van der Waals surface area contributed by atoms with E-state index in [1.165, 1.54) is 6.92 Å². The van der Waals surface area contributed by atoms with Crippen LogP contribution in [0.2, 0.25) is 0 Å². The summed E-state index contributed by atoms with van der Waals surface area (Å²) in [4.78, 5) is 11.3. The number of nitrogens with one attached hydrogen (secondary N) is 1. The van der Waals surface area contributed by atoms with Crippen molar-refractivity contribution in [2.75, 3.05) is 13.2 Å². The Balaban J connectivity index is 2.65. The number of carbonyl (C=O) groups excluding carboxylic acids is 1. The molecule has 0 unspecified atom stereocenters. The van der Waals surface area contributed by atoms with Gasteiger partial charge in [0.25, 0.3) is 0 Å². The molecule has 1 amide bonds. The van der Waals surface area contributed by atoms with Gasteiger partial charge in [-0.3, -0.25) is 4.79 Å². The number of unbranched alkanes of at least 4 members (excludes halogenated alkanes) is 2. The summed E-state index contributed by atoms with van der Waals surface area (Å²) < 4.78 is 11.3. The lowest BCUT2D eigenvalue weighted by Gasteiger charge is -2.43. The van der Waals surface area contributed by atoms with E-state index >= 15 is 0 Å². The fourth-order valence-electron chi connectivity index (χ4n) is 2.42. The van der Waals surface area contributed by atoms with Crippen LogP contribution in [0.5, 0.6) is 0 Å². The van der Waals surface area contributed by atoms with E-state index in [1.807, 2.05) is 6.92 Å². The van der Waals surface area contributed by atoms with Crippen LogP contribution in [0, 0.1) is 5.92 Å². The molecule has 0 aromatic carbocycles. The number of hydrogen-bond donors (Lipinski definition) is 3. The van der Waals surface area contributed by atoms with Crippen LogP contribution in [-0.2, 0) is 14.3 Å². The van der Waals surface area contributed by atoms with E-state index in [-0.39, 0.29) is 18.4 Å². The SMILES string of the molecule is CCCCCO[C@@H]1O[C@H](CO)[C@H](O)[C@H](C)[C@H]1NC(C)=O. The Morgan fingerprint density at radius 1 is 1.40 bits per heavy atom. The fraction of sp³-hybridized carbons (Fsp3) is 0.929. The molecule has 0 aromatic heterocycles. The molecule has 1 heterocycles. The minimum Gasteiger partial charge on any atom is -0.394 e. The number of carbonyl (C=O) groups is 1. The van der Waals surface area contributed by atoms with Crippen molar-refractivity contribution in [2.24, 2.45) is 5.92 Å². The Morgan fingerprint density at radius 2 is 2.10 bits per heavy atom. The second-order valence-electron chi connectivity index (χ2n) is 5.38. The lowest BCUT2D eigenvalue weighted by atomic mass is 9.89. The molecule has 3 N–H and O–H groups in total. The van der Waals surface area contributed by atoms with Gasteiger partial charge in [0, 0.05) is 19.4 Å². The normalized spacial score (nSPS) is 34.0. The lowest BCUT2D eigenvalue weighted by Crippen LogP contribution is -2.60. The molecule has 6 heteroatoms. The van der Waals surface area contributed by atoms with E-state index < -0.39 is 24.5 Å². The summed E-state index contributed by atoms with van der Waals surface area (Å²) in [5, 5.41) is 22.1. The lowest BCUT2D eigenvalue weighted by molar-refractivity contribution is -0.257. The van der Waals surface area contributed by atoms with Crippen molar-refractivity contribution >= 4 is 5.91 Å². The molecule has 0 aliphatic carbocycles. The van der Waals surface area contributed by atoms with Gasteiger partial charge in [-0.1, -0.05) is 26.7 Å². The average Bonchev–Trinajstić information content (AvgIpc) is 2.41. The molecule has 1 rings (SSSR count). The van der Waals surface area contributed by atoms with Gasteiger partial charge in [0.1, 0.15) is 6.10 Å². The highest BCUT2D eigenvalue weighted by atomic mass is 16.7. The van der Waals surface area contributed by atoms with E-state index in [0.717, 1.165) is 19.3 Å². The van der Waals surface area contributed by atoms with Crippen LogP contribution >= 0.6 is 0 Å². The van der Waals surface area contributed by atoms with Gasteiger partial charge in [0.15, 0.2) is 6.29 Å². The zero-order valence-corrected chi connectivity index (χ0v) is 12.5. The fourth-order valence-corrected chi connectivity index (χ4v) is 2.42. The maximum atomic E-state index is 11.3. The predicted molar refractivity (Wildman–Crippen MR) is 74.0 cm³/mol. The summed E-state index contributed by atoms with van der Waals surface area (Å²) >= 11 is 0. The first kappa shape index (κ1) is 17.4. The van der Waals surface area contributed by atoms with Crippen molar-refractivity contribution in [3.63, 3.8) is 0 Å². The Labute approximate surface area is 120 Å². The summed E-state index contributed by atoms with van der Waals surface area (Å²) in [5.41, 5.74) is 0. The van der Waals surface area contributed by atoms with Crippen LogP contribution in [0.1, 0.15) is 40.0 Å². The monoisotopic (exact) mass is 289 g/mol. The molecule has 20 heavy (non-hydrogen) atoms. The first-order valence-corrected chi connectivity index (χ1v) is 7.34. The Hall–Kier alpha value is -0.690. The van der Waals surface area contributed by atoms with Crippen molar-refractivity contribution in [3.05, 3.63) is 0 Å². The molecule has 6 nitrogen and oxygen atoms in total. The molecule has 0 saturated carbocycles. The highest BCUT2D eigenvalue weighted by Gasteiger charge is 2.43. The largest absolute Gasteiger partial charge is 0.394 e. The third-order valence-electron chi connectivity index (χ3n) is 3.67. The zero-order valence-electron chi connectivity index (χ0n) is 12.5. The van der Waals surface area contributed by atoms with Gasteiger partial charge in [0.05, 0.1) is 18.8 Å². The molecular formula is C14H27NO5. The van der Waals surface area contributed by atoms with Crippen molar-refractivity contribution in [3.8, 4) is 0 Å². The van der Waals surface area contributed by atoms with Gasteiger partial charge < -0.3 is 25.0 Å². The topological polar surface area (TPSA) is 88.0 Å². The average molecular weight is 289 g/mol. The molecule has 0 radical (unpaired) electrons. The first-order chi connectivity index (χ1) is 9.51. The van der Waals surface area contributed by atoms with Crippen LogP contribution in [0.25, 0.3) is 0 Å². The minimum atomic E-state index is -0.827. The van der Waals surface area contributed by atoms with Crippen LogP contribution < -0.4 is 5.32 Å². The maximum Gasteiger partial charge on any atom is 0.217 e. The number of aliphatic hydroxyl groups is 2. The standard InChI is InChI=1S/C14H27NO5/c1-4-5-6-7-19-14-12(15-10(3)17)9(2)13(18)11(8-16)20-14/h9,11-14,16,18H,4-8H2,1-3H3,(H,15,17)/t9-,11-,12-,13-,14-/m1/s1. The minimum absolute atomic E-state index is 0.192. The first-order valence-electron chi connectivity index (χ1n) is 7.34. The number of ether oxygens (including phenoxy) is 2. The second-order valence-corrected chi connectivity index (χ2v) is 5.38. The van der Waals surface area contributed by atoms with Crippen LogP contribution in [-0.4, -0.2) is 53.9 Å². The van der Waals surface area contributed by atoms with Gasteiger partial charge in [-0.15, -0.1) is 0 Å². The summed E-state index contributed by atoms with van der Waals surface area (Å²) in [6.45, 7) is 5.62.